The van der Waals surface area contributed by atoms with Crippen LogP contribution in [0.1, 0.15) is 37.7 Å². The molecule has 19 heavy (non-hydrogen) atoms. The van der Waals surface area contributed by atoms with Gasteiger partial charge in [-0.25, -0.2) is 4.79 Å². The van der Waals surface area contributed by atoms with Crippen molar-refractivity contribution in [2.45, 2.75) is 37.7 Å². The van der Waals surface area contributed by atoms with Crippen LogP contribution in [0.15, 0.2) is 24.3 Å². The second kappa shape index (κ2) is 5.26. The minimum absolute atomic E-state index is 0.00923. The Kier molecular flexibility index (Phi) is 3.69. The lowest BCUT2D eigenvalue weighted by molar-refractivity contribution is -0.384. The molecule has 1 saturated carbocycles. The molecule has 1 aliphatic rings. The van der Waals surface area contributed by atoms with Crippen molar-refractivity contribution in [1.82, 2.24) is 0 Å². The molecule has 1 aromatic rings. The SMILES string of the molecule is O=C(O)OC1(c2ccc([N+](=O)[O-])cc2)CCCCC1. The van der Waals surface area contributed by atoms with Crippen molar-refractivity contribution in [3.05, 3.63) is 39.9 Å². The fourth-order valence-corrected chi connectivity index (χ4v) is 2.63. The maximum Gasteiger partial charge on any atom is 0.506 e. The number of nitro benzene ring substituents is 1. The van der Waals surface area contributed by atoms with E-state index in [4.69, 9.17) is 9.84 Å². The van der Waals surface area contributed by atoms with Crippen molar-refractivity contribution in [3.8, 4) is 0 Å². The average Bonchev–Trinajstić information content (AvgIpc) is 2.39. The normalized spacial score (nSPS) is 17.7. The zero-order chi connectivity index (χ0) is 13.9. The summed E-state index contributed by atoms with van der Waals surface area (Å²) in [4.78, 5) is 21.0. The van der Waals surface area contributed by atoms with Gasteiger partial charge in [0.2, 0.25) is 0 Å². The molecule has 0 bridgehead atoms. The van der Waals surface area contributed by atoms with Crippen LogP contribution >= 0.6 is 0 Å². The summed E-state index contributed by atoms with van der Waals surface area (Å²) in [7, 11) is 0. The van der Waals surface area contributed by atoms with E-state index in [0.717, 1.165) is 19.3 Å². The lowest BCUT2D eigenvalue weighted by atomic mass is 9.79. The zero-order valence-electron chi connectivity index (χ0n) is 10.4. The van der Waals surface area contributed by atoms with Gasteiger partial charge in [0.25, 0.3) is 5.69 Å². The lowest BCUT2D eigenvalue weighted by Gasteiger charge is -2.36. The quantitative estimate of drug-likeness (QED) is 0.513. The molecule has 2 rings (SSSR count). The third-order valence-corrected chi connectivity index (χ3v) is 3.55. The first-order valence-electron chi connectivity index (χ1n) is 6.20. The first-order chi connectivity index (χ1) is 9.03. The topological polar surface area (TPSA) is 89.7 Å². The number of carboxylic acid groups (broad SMARTS) is 1. The van der Waals surface area contributed by atoms with Gasteiger partial charge in [0.05, 0.1) is 4.92 Å². The molecule has 102 valence electrons. The number of nitrogens with zero attached hydrogens (tertiary/aromatic N) is 1. The highest BCUT2D eigenvalue weighted by atomic mass is 16.7. The van der Waals surface area contributed by atoms with Crippen molar-refractivity contribution < 1.29 is 19.6 Å². The number of non-ortho nitro benzene ring substituents is 1. The lowest BCUT2D eigenvalue weighted by Crippen LogP contribution is -2.34. The van der Waals surface area contributed by atoms with E-state index in [1.54, 1.807) is 12.1 Å². The molecule has 6 nitrogen and oxygen atoms in total. The Morgan fingerprint density at radius 3 is 2.26 bits per heavy atom. The third kappa shape index (κ3) is 2.83. The van der Waals surface area contributed by atoms with E-state index < -0.39 is 16.7 Å². The molecule has 1 N–H and O–H groups in total. The Labute approximate surface area is 110 Å². The summed E-state index contributed by atoms with van der Waals surface area (Å²) in [5.41, 5.74) is -0.163. The molecule has 1 fully saturated rings. The molecule has 0 spiro atoms. The standard InChI is InChI=1S/C13H15NO5/c15-12(16)19-13(8-2-1-3-9-13)10-4-6-11(7-5-10)14(17)18/h4-7H,1-3,8-9H2,(H,15,16). The van der Waals surface area contributed by atoms with Crippen LogP contribution in [0.4, 0.5) is 10.5 Å². The molecule has 0 radical (unpaired) electrons. The number of rotatable bonds is 3. The zero-order valence-corrected chi connectivity index (χ0v) is 10.4. The van der Waals surface area contributed by atoms with Crippen molar-refractivity contribution in [2.75, 3.05) is 0 Å². The Morgan fingerprint density at radius 2 is 1.79 bits per heavy atom. The van der Waals surface area contributed by atoms with Crippen LogP contribution < -0.4 is 0 Å². The van der Waals surface area contributed by atoms with E-state index >= 15 is 0 Å². The molecule has 0 unspecified atom stereocenters. The van der Waals surface area contributed by atoms with E-state index in [2.05, 4.69) is 0 Å². The molecule has 0 heterocycles. The van der Waals surface area contributed by atoms with Crippen LogP contribution in [0.3, 0.4) is 0 Å². The van der Waals surface area contributed by atoms with Gasteiger partial charge < -0.3 is 9.84 Å². The van der Waals surface area contributed by atoms with Crippen LogP contribution in [0, 0.1) is 10.1 Å². The van der Waals surface area contributed by atoms with Crippen molar-refractivity contribution in [2.24, 2.45) is 0 Å². The van der Waals surface area contributed by atoms with Crippen molar-refractivity contribution >= 4 is 11.8 Å². The molecule has 0 aliphatic heterocycles. The van der Waals surface area contributed by atoms with Crippen LogP contribution in [0.2, 0.25) is 0 Å². The number of hydrogen-bond donors (Lipinski definition) is 1. The minimum Gasteiger partial charge on any atom is -0.450 e. The maximum absolute atomic E-state index is 10.9. The number of benzene rings is 1. The summed E-state index contributed by atoms with van der Waals surface area (Å²) in [5.74, 6) is 0. The highest BCUT2D eigenvalue weighted by Gasteiger charge is 2.38. The smallest absolute Gasteiger partial charge is 0.450 e. The third-order valence-electron chi connectivity index (χ3n) is 3.55. The first kappa shape index (κ1) is 13.3. The monoisotopic (exact) mass is 265 g/mol. The van der Waals surface area contributed by atoms with Gasteiger partial charge in [0.15, 0.2) is 0 Å². The van der Waals surface area contributed by atoms with E-state index in [0.29, 0.717) is 18.4 Å². The van der Waals surface area contributed by atoms with Crippen LogP contribution in [-0.4, -0.2) is 16.2 Å². The fraction of sp³-hybridized carbons (Fsp3) is 0.462. The average molecular weight is 265 g/mol. The largest absolute Gasteiger partial charge is 0.506 e. The summed E-state index contributed by atoms with van der Waals surface area (Å²) in [6, 6.07) is 5.95. The van der Waals surface area contributed by atoms with Gasteiger partial charge in [-0.15, -0.1) is 0 Å². The highest BCUT2D eigenvalue weighted by molar-refractivity contribution is 5.58. The summed E-state index contributed by atoms with van der Waals surface area (Å²) in [5, 5.41) is 19.5. The van der Waals surface area contributed by atoms with Gasteiger partial charge in [-0.05, 0) is 43.4 Å². The number of hydrogen-bond acceptors (Lipinski definition) is 4. The van der Waals surface area contributed by atoms with E-state index in [-0.39, 0.29) is 5.69 Å². The highest BCUT2D eigenvalue weighted by Crippen LogP contribution is 2.41. The maximum atomic E-state index is 10.9. The molecule has 0 amide bonds. The molecular formula is C13H15NO5. The Balaban J connectivity index is 2.32. The van der Waals surface area contributed by atoms with Gasteiger partial charge in [-0.2, -0.15) is 0 Å². The first-order valence-corrected chi connectivity index (χ1v) is 6.20. The summed E-state index contributed by atoms with van der Waals surface area (Å²) in [6.07, 6.45) is 2.78. The van der Waals surface area contributed by atoms with E-state index in [9.17, 15) is 14.9 Å². The Morgan fingerprint density at radius 1 is 1.21 bits per heavy atom. The summed E-state index contributed by atoms with van der Waals surface area (Å²) >= 11 is 0. The van der Waals surface area contributed by atoms with Gasteiger partial charge in [0, 0.05) is 12.1 Å². The van der Waals surface area contributed by atoms with Crippen LogP contribution in [0.5, 0.6) is 0 Å². The molecule has 1 aliphatic carbocycles. The molecule has 6 heteroatoms. The Bertz CT molecular complexity index is 476. The predicted octanol–water partition coefficient (Wildman–Crippen LogP) is 3.45. The van der Waals surface area contributed by atoms with Gasteiger partial charge >= 0.3 is 6.16 Å². The van der Waals surface area contributed by atoms with Crippen molar-refractivity contribution in [1.29, 1.82) is 0 Å². The fourth-order valence-electron chi connectivity index (χ4n) is 2.63. The molecule has 0 aromatic heterocycles. The summed E-state index contributed by atoms with van der Waals surface area (Å²) in [6.45, 7) is 0. The second-order valence-electron chi connectivity index (χ2n) is 4.73. The molecule has 0 saturated heterocycles. The van der Waals surface area contributed by atoms with Crippen LogP contribution in [-0.2, 0) is 10.3 Å². The van der Waals surface area contributed by atoms with E-state index in [1.807, 2.05) is 0 Å². The second-order valence-corrected chi connectivity index (χ2v) is 4.73. The van der Waals surface area contributed by atoms with Crippen LogP contribution in [0.25, 0.3) is 0 Å². The molecular weight excluding hydrogens is 250 g/mol. The number of nitro groups is 1. The summed E-state index contributed by atoms with van der Waals surface area (Å²) < 4.78 is 5.11. The number of carbonyl (C=O) groups is 1. The predicted molar refractivity (Wildman–Crippen MR) is 67.0 cm³/mol. The van der Waals surface area contributed by atoms with Gasteiger partial charge in [0.1, 0.15) is 5.60 Å². The number of ether oxygens (including phenoxy) is 1. The van der Waals surface area contributed by atoms with Gasteiger partial charge in [-0.1, -0.05) is 6.42 Å². The van der Waals surface area contributed by atoms with Gasteiger partial charge in [-0.3, -0.25) is 10.1 Å². The van der Waals surface area contributed by atoms with E-state index in [1.165, 1.54) is 12.1 Å². The van der Waals surface area contributed by atoms with Crippen molar-refractivity contribution in [3.63, 3.8) is 0 Å². The molecule has 0 atom stereocenters. The Hall–Kier alpha value is -2.11. The minimum atomic E-state index is -1.31. The molecule has 1 aromatic carbocycles.